The molecular weight excluding hydrogens is 456 g/mol. The van der Waals surface area contributed by atoms with Crippen LogP contribution in [0.3, 0.4) is 0 Å². The second-order valence-electron chi connectivity index (χ2n) is 7.85. The molecule has 0 spiro atoms. The number of aryl methyl sites for hydroxylation is 2. The molecule has 0 saturated carbocycles. The van der Waals surface area contributed by atoms with Crippen LogP contribution < -0.4 is 4.74 Å². The standard InChI is InChI=1S/C25H19ClN4O4/c1-13-9-18(33-12-21(31)32)10-14(2)22(13)23-27-19-8-5-16(11-20(19)28-23)25-30-29-24(34-25)15-3-6-17(26)7-4-15/h3-11H,12H2,1-2H3,(H,27,28)(H,31,32). The second kappa shape index (κ2) is 8.64. The van der Waals surface area contributed by atoms with E-state index in [1.54, 1.807) is 24.3 Å². The maximum Gasteiger partial charge on any atom is 0.341 e. The number of aliphatic carboxylic acids is 1. The molecule has 2 aromatic heterocycles. The van der Waals surface area contributed by atoms with E-state index in [9.17, 15) is 4.79 Å². The molecule has 3 aromatic carbocycles. The number of carbonyl (C=O) groups is 1. The van der Waals surface area contributed by atoms with Gasteiger partial charge in [-0.1, -0.05) is 11.6 Å². The summed E-state index contributed by atoms with van der Waals surface area (Å²) in [5.41, 5.74) is 5.94. The Morgan fingerprint density at radius 2 is 1.65 bits per heavy atom. The van der Waals surface area contributed by atoms with Crippen molar-refractivity contribution in [3.8, 4) is 40.0 Å². The Kier molecular flexibility index (Phi) is 5.51. The number of H-pyrrole nitrogens is 1. The molecule has 0 bridgehead atoms. The number of aromatic nitrogens is 4. The molecule has 0 atom stereocenters. The molecule has 0 radical (unpaired) electrons. The van der Waals surface area contributed by atoms with Crippen LogP contribution in [-0.4, -0.2) is 37.8 Å². The highest BCUT2D eigenvalue weighted by molar-refractivity contribution is 6.30. The van der Waals surface area contributed by atoms with Crippen LogP contribution in [0, 0.1) is 13.8 Å². The molecule has 2 N–H and O–H groups in total. The monoisotopic (exact) mass is 474 g/mol. The molecule has 2 heterocycles. The number of hydrogen-bond acceptors (Lipinski definition) is 6. The fraction of sp³-hybridized carbons (Fsp3) is 0.120. The summed E-state index contributed by atoms with van der Waals surface area (Å²) >= 11 is 5.95. The van der Waals surface area contributed by atoms with Crippen LogP contribution in [0.4, 0.5) is 0 Å². The zero-order chi connectivity index (χ0) is 23.8. The topological polar surface area (TPSA) is 114 Å². The van der Waals surface area contributed by atoms with Gasteiger partial charge in [-0.3, -0.25) is 0 Å². The average Bonchev–Trinajstić information content (AvgIpc) is 3.44. The predicted molar refractivity (Wildman–Crippen MR) is 128 cm³/mol. The van der Waals surface area contributed by atoms with Gasteiger partial charge in [0, 0.05) is 21.7 Å². The lowest BCUT2D eigenvalue weighted by molar-refractivity contribution is -0.139. The van der Waals surface area contributed by atoms with E-state index in [-0.39, 0.29) is 6.61 Å². The zero-order valence-electron chi connectivity index (χ0n) is 18.3. The van der Waals surface area contributed by atoms with Crippen molar-refractivity contribution in [3.63, 3.8) is 0 Å². The van der Waals surface area contributed by atoms with Crippen molar-refractivity contribution in [2.24, 2.45) is 0 Å². The van der Waals surface area contributed by atoms with Crippen LogP contribution >= 0.6 is 11.6 Å². The highest BCUT2D eigenvalue weighted by atomic mass is 35.5. The minimum Gasteiger partial charge on any atom is -0.482 e. The van der Waals surface area contributed by atoms with Gasteiger partial charge in [0.1, 0.15) is 11.6 Å². The van der Waals surface area contributed by atoms with Crippen LogP contribution in [0.15, 0.2) is 59.0 Å². The predicted octanol–water partition coefficient (Wildman–Crippen LogP) is 5.68. The Bertz CT molecular complexity index is 1500. The van der Waals surface area contributed by atoms with Gasteiger partial charge in [-0.05, 0) is 79.6 Å². The number of carboxylic acids is 1. The van der Waals surface area contributed by atoms with Crippen LogP contribution in [0.25, 0.3) is 45.3 Å². The number of carboxylic acid groups (broad SMARTS) is 1. The smallest absolute Gasteiger partial charge is 0.341 e. The van der Waals surface area contributed by atoms with E-state index in [1.807, 2.05) is 44.2 Å². The molecule has 0 unspecified atom stereocenters. The molecule has 0 aliphatic heterocycles. The highest BCUT2D eigenvalue weighted by Crippen LogP contribution is 2.32. The molecule has 5 rings (SSSR count). The number of imidazole rings is 1. The molecule has 0 aliphatic rings. The molecule has 0 fully saturated rings. The Labute approximate surface area is 199 Å². The molecule has 0 amide bonds. The van der Waals surface area contributed by atoms with Gasteiger partial charge in [0.15, 0.2) is 6.61 Å². The molecule has 8 nitrogen and oxygen atoms in total. The van der Waals surface area contributed by atoms with Crippen molar-refractivity contribution in [3.05, 3.63) is 70.7 Å². The number of hydrogen-bond donors (Lipinski definition) is 2. The van der Waals surface area contributed by atoms with E-state index >= 15 is 0 Å². The van der Waals surface area contributed by atoms with Gasteiger partial charge in [-0.25, -0.2) is 9.78 Å². The third-order valence-corrected chi connectivity index (χ3v) is 5.60. The summed E-state index contributed by atoms with van der Waals surface area (Å²) in [6.07, 6.45) is 0. The summed E-state index contributed by atoms with van der Waals surface area (Å²) in [6, 6.07) is 16.5. The fourth-order valence-electron chi connectivity index (χ4n) is 3.84. The molecule has 9 heteroatoms. The Morgan fingerprint density at radius 3 is 2.32 bits per heavy atom. The first kappa shape index (κ1) is 21.7. The van der Waals surface area contributed by atoms with Gasteiger partial charge in [0.2, 0.25) is 11.8 Å². The molecule has 0 aliphatic carbocycles. The van der Waals surface area contributed by atoms with Crippen molar-refractivity contribution >= 4 is 28.6 Å². The van der Waals surface area contributed by atoms with Crippen LogP contribution in [0.5, 0.6) is 5.75 Å². The quantitative estimate of drug-likeness (QED) is 0.325. The Hall–Kier alpha value is -4.17. The number of nitrogens with one attached hydrogen (secondary N) is 1. The molecule has 34 heavy (non-hydrogen) atoms. The van der Waals surface area contributed by atoms with E-state index in [4.69, 9.17) is 30.8 Å². The lowest BCUT2D eigenvalue weighted by atomic mass is 10.0. The third-order valence-electron chi connectivity index (χ3n) is 5.35. The summed E-state index contributed by atoms with van der Waals surface area (Å²) in [5.74, 6) is 1.00. The number of rotatable bonds is 6. The van der Waals surface area contributed by atoms with Gasteiger partial charge in [0.25, 0.3) is 0 Å². The van der Waals surface area contributed by atoms with Crippen LogP contribution in [0.2, 0.25) is 5.02 Å². The van der Waals surface area contributed by atoms with Crippen molar-refractivity contribution in [1.29, 1.82) is 0 Å². The van der Waals surface area contributed by atoms with Gasteiger partial charge < -0.3 is 19.2 Å². The van der Waals surface area contributed by atoms with Crippen molar-refractivity contribution in [1.82, 2.24) is 20.2 Å². The molecule has 5 aromatic rings. The summed E-state index contributed by atoms with van der Waals surface area (Å²) in [4.78, 5) is 18.9. The number of halogens is 1. The first-order chi connectivity index (χ1) is 16.4. The molecule has 0 saturated heterocycles. The number of aromatic amines is 1. The number of benzene rings is 3. The van der Waals surface area contributed by atoms with Crippen molar-refractivity contribution in [2.75, 3.05) is 6.61 Å². The fourth-order valence-corrected chi connectivity index (χ4v) is 3.96. The van der Waals surface area contributed by atoms with Crippen molar-refractivity contribution < 1.29 is 19.1 Å². The van der Waals surface area contributed by atoms with Gasteiger partial charge >= 0.3 is 5.97 Å². The average molecular weight is 475 g/mol. The zero-order valence-corrected chi connectivity index (χ0v) is 19.1. The van der Waals surface area contributed by atoms with Gasteiger partial charge in [0.05, 0.1) is 11.0 Å². The summed E-state index contributed by atoms with van der Waals surface area (Å²) in [7, 11) is 0. The lowest BCUT2D eigenvalue weighted by Crippen LogP contribution is -2.09. The lowest BCUT2D eigenvalue weighted by Gasteiger charge is -2.11. The van der Waals surface area contributed by atoms with Crippen LogP contribution in [-0.2, 0) is 4.79 Å². The molecular formula is C25H19ClN4O4. The minimum absolute atomic E-state index is 0.388. The summed E-state index contributed by atoms with van der Waals surface area (Å²) in [6.45, 7) is 3.48. The SMILES string of the molecule is Cc1cc(OCC(=O)O)cc(C)c1-c1nc2ccc(-c3nnc(-c4ccc(Cl)cc4)o3)cc2[nH]1. The largest absolute Gasteiger partial charge is 0.482 e. The minimum atomic E-state index is -1.02. The van der Waals surface area contributed by atoms with Gasteiger partial charge in [-0.2, -0.15) is 0 Å². The highest BCUT2D eigenvalue weighted by Gasteiger charge is 2.15. The van der Waals surface area contributed by atoms with E-state index in [1.165, 1.54) is 0 Å². The first-order valence-corrected chi connectivity index (χ1v) is 10.8. The van der Waals surface area contributed by atoms with Gasteiger partial charge in [-0.15, -0.1) is 10.2 Å². The van der Waals surface area contributed by atoms with E-state index in [2.05, 4.69) is 15.2 Å². The van der Waals surface area contributed by atoms with E-state index < -0.39 is 5.97 Å². The van der Waals surface area contributed by atoms with E-state index in [0.29, 0.717) is 28.4 Å². The maximum absolute atomic E-state index is 10.8. The summed E-state index contributed by atoms with van der Waals surface area (Å²) in [5, 5.41) is 17.8. The van der Waals surface area contributed by atoms with Crippen molar-refractivity contribution in [2.45, 2.75) is 13.8 Å². The molecule has 170 valence electrons. The second-order valence-corrected chi connectivity index (χ2v) is 8.29. The van der Waals surface area contributed by atoms with E-state index in [0.717, 1.165) is 38.9 Å². The number of ether oxygens (including phenoxy) is 1. The maximum atomic E-state index is 10.8. The Morgan fingerprint density at radius 1 is 1.00 bits per heavy atom. The normalized spacial score (nSPS) is 11.1. The summed E-state index contributed by atoms with van der Waals surface area (Å²) < 4.78 is 11.2. The number of fused-ring (bicyclic) bond motifs is 1. The Balaban J connectivity index is 1.46. The number of nitrogens with zero attached hydrogens (tertiary/aromatic N) is 3. The first-order valence-electron chi connectivity index (χ1n) is 10.4. The van der Waals surface area contributed by atoms with Crippen LogP contribution in [0.1, 0.15) is 11.1 Å². The third kappa shape index (κ3) is 4.23.